The number of halogens is 4. The number of nitrogens with zero attached hydrogens (tertiary/aromatic N) is 2. The van der Waals surface area contributed by atoms with Gasteiger partial charge in [-0.05, 0) is 54.3 Å². The summed E-state index contributed by atoms with van der Waals surface area (Å²) in [7, 11) is 0. The first kappa shape index (κ1) is 23.5. The monoisotopic (exact) mass is 462 g/mol. The summed E-state index contributed by atoms with van der Waals surface area (Å²) in [4.78, 5) is 17.0. The molecule has 5 nitrogen and oxygen atoms in total. The average Bonchev–Trinajstić information content (AvgIpc) is 3.20. The number of H-pyrrole nitrogens is 1. The maximum Gasteiger partial charge on any atom is 0.416 e. The van der Waals surface area contributed by atoms with Crippen LogP contribution in [-0.2, 0) is 6.18 Å². The number of rotatable bonds is 6. The number of nitrogens with one attached hydrogen (secondary N) is 2. The standard InChI is InChI=1S/C23H22ClF3N4O/c1-14(2)3-12-20(29-22(32)16-4-8-17(9-5-16)23(25,26)27)28-21-13-19(30-31-21)15-6-10-18(24)11-7-15/h4-11,13-14H,3,12H2,1-2H3,(H2,28,29,30,31,32). The van der Waals surface area contributed by atoms with Crippen molar-refractivity contribution >= 4 is 29.2 Å². The number of hydrogen-bond acceptors (Lipinski definition) is 3. The number of carbonyl (C=O) groups excluding carboxylic acids is 1. The zero-order valence-corrected chi connectivity index (χ0v) is 18.3. The highest BCUT2D eigenvalue weighted by Gasteiger charge is 2.30. The van der Waals surface area contributed by atoms with E-state index in [4.69, 9.17) is 11.6 Å². The second-order valence-corrected chi connectivity index (χ2v) is 8.10. The van der Waals surface area contributed by atoms with Gasteiger partial charge in [0.2, 0.25) is 0 Å². The van der Waals surface area contributed by atoms with Gasteiger partial charge in [0.1, 0.15) is 5.84 Å². The number of amides is 1. The summed E-state index contributed by atoms with van der Waals surface area (Å²) >= 11 is 5.92. The second-order valence-electron chi connectivity index (χ2n) is 7.67. The van der Waals surface area contributed by atoms with Crippen molar-refractivity contribution in [3.05, 3.63) is 70.7 Å². The maximum atomic E-state index is 12.8. The Labute approximate surface area is 188 Å². The molecule has 0 saturated carbocycles. The third-order valence-corrected chi connectivity index (χ3v) is 4.91. The molecule has 1 aromatic heterocycles. The molecule has 2 N–H and O–H groups in total. The van der Waals surface area contributed by atoms with Crippen molar-refractivity contribution in [1.82, 2.24) is 15.5 Å². The highest BCUT2D eigenvalue weighted by Crippen LogP contribution is 2.29. The Balaban J connectivity index is 1.79. The molecule has 0 spiro atoms. The molecular formula is C23H22ClF3N4O. The molecule has 2 aromatic carbocycles. The molecule has 9 heteroatoms. The highest BCUT2D eigenvalue weighted by atomic mass is 35.5. The van der Waals surface area contributed by atoms with Crippen LogP contribution in [0.15, 0.2) is 59.6 Å². The lowest BCUT2D eigenvalue weighted by atomic mass is 10.1. The predicted molar refractivity (Wildman–Crippen MR) is 119 cm³/mol. The van der Waals surface area contributed by atoms with Crippen molar-refractivity contribution in [2.75, 3.05) is 0 Å². The minimum absolute atomic E-state index is 0.110. The van der Waals surface area contributed by atoms with Gasteiger partial charge in [-0.2, -0.15) is 18.3 Å². The van der Waals surface area contributed by atoms with E-state index in [1.807, 2.05) is 26.0 Å². The first-order chi connectivity index (χ1) is 15.1. The number of carbonyl (C=O) groups is 1. The van der Waals surface area contributed by atoms with E-state index in [1.165, 1.54) is 0 Å². The van der Waals surface area contributed by atoms with Crippen molar-refractivity contribution in [3.63, 3.8) is 0 Å². The molecule has 0 saturated heterocycles. The number of benzene rings is 2. The Kier molecular flexibility index (Phi) is 7.35. The van der Waals surface area contributed by atoms with E-state index in [-0.39, 0.29) is 5.56 Å². The molecule has 0 aliphatic carbocycles. The van der Waals surface area contributed by atoms with Gasteiger partial charge in [-0.3, -0.25) is 9.89 Å². The number of hydrogen-bond donors (Lipinski definition) is 2. The van der Waals surface area contributed by atoms with Crippen LogP contribution in [0.4, 0.5) is 19.0 Å². The summed E-state index contributed by atoms with van der Waals surface area (Å²) in [6.45, 7) is 4.09. The molecule has 168 valence electrons. The third-order valence-electron chi connectivity index (χ3n) is 4.66. The van der Waals surface area contributed by atoms with Crippen molar-refractivity contribution in [2.24, 2.45) is 10.9 Å². The van der Waals surface area contributed by atoms with Gasteiger partial charge >= 0.3 is 6.18 Å². The summed E-state index contributed by atoms with van der Waals surface area (Å²) < 4.78 is 38.3. The van der Waals surface area contributed by atoms with E-state index in [2.05, 4.69) is 20.5 Å². The van der Waals surface area contributed by atoms with Crippen LogP contribution in [0.5, 0.6) is 0 Å². The third kappa shape index (κ3) is 6.43. The molecule has 32 heavy (non-hydrogen) atoms. The second kappa shape index (κ2) is 9.99. The molecule has 3 rings (SSSR count). The predicted octanol–water partition coefficient (Wildman–Crippen LogP) is 6.65. The number of alkyl halides is 3. The van der Waals surface area contributed by atoms with Gasteiger partial charge in [0.15, 0.2) is 5.82 Å². The van der Waals surface area contributed by atoms with Crippen LogP contribution in [0.3, 0.4) is 0 Å². The summed E-state index contributed by atoms with van der Waals surface area (Å²) in [5, 5.41) is 10.4. The molecule has 0 fully saturated rings. The van der Waals surface area contributed by atoms with Gasteiger partial charge in [0.25, 0.3) is 5.91 Å². The molecule has 1 heterocycles. The summed E-state index contributed by atoms with van der Waals surface area (Å²) in [6, 6.07) is 13.0. The Morgan fingerprint density at radius 1 is 1.12 bits per heavy atom. The van der Waals surface area contributed by atoms with E-state index < -0.39 is 17.6 Å². The Bertz CT molecular complexity index is 1090. The Hall–Kier alpha value is -3.13. The lowest BCUT2D eigenvalue weighted by Crippen LogP contribution is -2.30. The quantitative estimate of drug-likeness (QED) is 0.318. The average molecular weight is 463 g/mol. The molecule has 0 unspecified atom stereocenters. The summed E-state index contributed by atoms with van der Waals surface area (Å²) in [5.41, 5.74) is 0.909. The lowest BCUT2D eigenvalue weighted by molar-refractivity contribution is -0.137. The molecule has 0 bridgehead atoms. The van der Waals surface area contributed by atoms with E-state index in [0.29, 0.717) is 29.0 Å². The zero-order valence-electron chi connectivity index (χ0n) is 17.5. The molecule has 0 radical (unpaired) electrons. The zero-order chi connectivity index (χ0) is 23.3. The van der Waals surface area contributed by atoms with Crippen LogP contribution in [0.2, 0.25) is 5.02 Å². The van der Waals surface area contributed by atoms with Gasteiger partial charge < -0.3 is 5.32 Å². The molecule has 3 aromatic rings. The minimum Gasteiger partial charge on any atom is -0.310 e. The highest BCUT2D eigenvalue weighted by molar-refractivity contribution is 6.30. The van der Waals surface area contributed by atoms with E-state index in [0.717, 1.165) is 41.9 Å². The summed E-state index contributed by atoms with van der Waals surface area (Å²) in [5.74, 6) is 0.598. The van der Waals surface area contributed by atoms with Crippen molar-refractivity contribution < 1.29 is 18.0 Å². The van der Waals surface area contributed by atoms with Gasteiger partial charge in [0.05, 0.1) is 11.3 Å². The molecule has 0 aliphatic rings. The number of aromatic nitrogens is 2. The van der Waals surface area contributed by atoms with Gasteiger partial charge in [-0.15, -0.1) is 0 Å². The first-order valence-corrected chi connectivity index (χ1v) is 10.4. The first-order valence-electron chi connectivity index (χ1n) is 9.99. The number of aromatic amines is 1. The largest absolute Gasteiger partial charge is 0.416 e. The van der Waals surface area contributed by atoms with Gasteiger partial charge in [-0.25, -0.2) is 4.99 Å². The van der Waals surface area contributed by atoms with Crippen LogP contribution >= 0.6 is 11.6 Å². The fraction of sp³-hybridized carbons (Fsp3) is 0.261. The van der Waals surface area contributed by atoms with Crippen LogP contribution in [-0.4, -0.2) is 21.9 Å². The number of amidine groups is 1. The van der Waals surface area contributed by atoms with Crippen molar-refractivity contribution in [3.8, 4) is 11.3 Å². The van der Waals surface area contributed by atoms with Crippen molar-refractivity contribution in [1.29, 1.82) is 0 Å². The van der Waals surface area contributed by atoms with Gasteiger partial charge in [-0.1, -0.05) is 37.6 Å². The normalized spacial score (nSPS) is 12.3. The van der Waals surface area contributed by atoms with E-state index in [1.54, 1.807) is 18.2 Å². The molecule has 0 aliphatic heterocycles. The van der Waals surface area contributed by atoms with Crippen LogP contribution < -0.4 is 5.32 Å². The fourth-order valence-electron chi connectivity index (χ4n) is 2.87. The van der Waals surface area contributed by atoms with Crippen LogP contribution in [0, 0.1) is 5.92 Å². The Morgan fingerprint density at radius 3 is 2.38 bits per heavy atom. The van der Waals surface area contributed by atoms with Crippen LogP contribution in [0.25, 0.3) is 11.3 Å². The van der Waals surface area contributed by atoms with Crippen molar-refractivity contribution in [2.45, 2.75) is 32.9 Å². The molecular weight excluding hydrogens is 441 g/mol. The smallest absolute Gasteiger partial charge is 0.310 e. The fourth-order valence-corrected chi connectivity index (χ4v) is 3.00. The minimum atomic E-state index is -4.46. The topological polar surface area (TPSA) is 70.1 Å². The Morgan fingerprint density at radius 2 is 1.78 bits per heavy atom. The van der Waals surface area contributed by atoms with Gasteiger partial charge in [0, 0.05) is 23.1 Å². The molecule has 1 amide bonds. The SMILES string of the molecule is CC(C)CCC(=Nc1cc(-c2ccc(Cl)cc2)[nH]n1)NC(=O)c1ccc(C(F)(F)F)cc1. The lowest BCUT2D eigenvalue weighted by Gasteiger charge is -2.11. The summed E-state index contributed by atoms with van der Waals surface area (Å²) in [6.07, 6.45) is -3.21. The molecule has 0 atom stereocenters. The maximum absolute atomic E-state index is 12.8. The van der Waals surface area contributed by atoms with E-state index >= 15 is 0 Å². The van der Waals surface area contributed by atoms with Crippen LogP contribution in [0.1, 0.15) is 42.6 Å². The van der Waals surface area contributed by atoms with E-state index in [9.17, 15) is 18.0 Å². The number of aliphatic imine (C=N–C) groups is 1.